The molecule has 2 aromatic carbocycles. The van der Waals surface area contributed by atoms with E-state index in [4.69, 9.17) is 9.47 Å². The topological polar surface area (TPSA) is 93.2 Å². The summed E-state index contributed by atoms with van der Waals surface area (Å²) >= 11 is 1.44. The number of morpholine rings is 2. The van der Waals surface area contributed by atoms with E-state index < -0.39 is 20.0 Å². The van der Waals surface area contributed by atoms with Crippen molar-refractivity contribution >= 4 is 31.8 Å². The third-order valence-corrected chi connectivity index (χ3v) is 9.94. The molecule has 168 valence electrons. The first-order chi connectivity index (χ1) is 14.9. The van der Waals surface area contributed by atoms with E-state index in [2.05, 4.69) is 0 Å². The minimum Gasteiger partial charge on any atom is -0.379 e. The lowest BCUT2D eigenvalue weighted by atomic mass is 10.4. The Labute approximate surface area is 187 Å². The Kier molecular flexibility index (Phi) is 7.01. The number of hydrogen-bond acceptors (Lipinski definition) is 7. The van der Waals surface area contributed by atoms with E-state index >= 15 is 0 Å². The molecule has 11 heteroatoms. The van der Waals surface area contributed by atoms with Crippen molar-refractivity contribution in [2.45, 2.75) is 19.6 Å². The maximum absolute atomic E-state index is 12.7. The van der Waals surface area contributed by atoms with Crippen LogP contribution in [-0.4, -0.2) is 78.1 Å². The van der Waals surface area contributed by atoms with Crippen molar-refractivity contribution in [1.82, 2.24) is 8.61 Å². The van der Waals surface area contributed by atoms with E-state index in [-0.39, 0.29) is 9.79 Å². The van der Waals surface area contributed by atoms with Gasteiger partial charge in [-0.15, -0.1) is 0 Å². The van der Waals surface area contributed by atoms with Gasteiger partial charge in [-0.25, -0.2) is 16.8 Å². The minimum absolute atomic E-state index is 0.255. The highest BCUT2D eigenvalue weighted by atomic mass is 32.2. The first-order valence-electron chi connectivity index (χ1n) is 9.91. The van der Waals surface area contributed by atoms with Crippen molar-refractivity contribution in [3.63, 3.8) is 0 Å². The molecule has 4 rings (SSSR count). The molecular formula is C20H24N2O6S3. The van der Waals surface area contributed by atoms with Crippen LogP contribution in [-0.2, 0) is 29.5 Å². The fourth-order valence-electron chi connectivity index (χ4n) is 3.37. The maximum Gasteiger partial charge on any atom is 0.243 e. The summed E-state index contributed by atoms with van der Waals surface area (Å²) < 4.78 is 64.2. The highest BCUT2D eigenvalue weighted by molar-refractivity contribution is 7.99. The van der Waals surface area contributed by atoms with Crippen molar-refractivity contribution in [2.24, 2.45) is 0 Å². The largest absolute Gasteiger partial charge is 0.379 e. The molecule has 0 amide bonds. The summed E-state index contributed by atoms with van der Waals surface area (Å²) in [5.74, 6) is 0. The summed E-state index contributed by atoms with van der Waals surface area (Å²) in [6.07, 6.45) is 0. The fourth-order valence-corrected chi connectivity index (χ4v) is 7.00. The first-order valence-corrected chi connectivity index (χ1v) is 13.6. The van der Waals surface area contributed by atoms with Crippen LogP contribution in [0.1, 0.15) is 0 Å². The van der Waals surface area contributed by atoms with Crippen LogP contribution in [0.25, 0.3) is 0 Å². The van der Waals surface area contributed by atoms with Crippen LogP contribution in [0.4, 0.5) is 0 Å². The summed E-state index contributed by atoms with van der Waals surface area (Å²) in [4.78, 5) is 2.24. The highest BCUT2D eigenvalue weighted by Gasteiger charge is 2.27. The third-order valence-electron chi connectivity index (χ3n) is 5.10. The van der Waals surface area contributed by atoms with E-state index in [0.29, 0.717) is 52.6 Å². The average molecular weight is 485 g/mol. The van der Waals surface area contributed by atoms with Crippen LogP contribution in [0.5, 0.6) is 0 Å². The Morgan fingerprint density at radius 3 is 1.23 bits per heavy atom. The van der Waals surface area contributed by atoms with Gasteiger partial charge in [0.1, 0.15) is 0 Å². The number of benzene rings is 2. The second-order valence-corrected chi connectivity index (χ2v) is 12.1. The standard InChI is InChI=1S/C20H24N2O6S3/c23-30(24,21-9-13-27-14-10-21)19-5-1-17(2-6-19)29-18-3-7-20(8-4-18)31(25,26)22-11-15-28-16-12-22/h1-8H,9-16H2. The Morgan fingerprint density at radius 2 is 0.903 bits per heavy atom. The Bertz CT molecular complexity index is 1000. The maximum atomic E-state index is 12.7. The van der Waals surface area contributed by atoms with E-state index in [1.807, 2.05) is 0 Å². The lowest BCUT2D eigenvalue weighted by Crippen LogP contribution is -2.40. The van der Waals surface area contributed by atoms with Crippen molar-refractivity contribution in [3.05, 3.63) is 48.5 Å². The van der Waals surface area contributed by atoms with Gasteiger partial charge in [0.2, 0.25) is 20.0 Å². The summed E-state index contributed by atoms with van der Waals surface area (Å²) in [6, 6.07) is 13.4. The van der Waals surface area contributed by atoms with Gasteiger partial charge in [-0.3, -0.25) is 0 Å². The molecule has 0 N–H and O–H groups in total. The van der Waals surface area contributed by atoms with Gasteiger partial charge in [-0.1, -0.05) is 11.8 Å². The van der Waals surface area contributed by atoms with Crippen LogP contribution >= 0.6 is 11.8 Å². The molecule has 2 saturated heterocycles. The number of nitrogens with zero attached hydrogens (tertiary/aromatic N) is 2. The molecular weight excluding hydrogens is 460 g/mol. The average Bonchev–Trinajstić information content (AvgIpc) is 2.81. The van der Waals surface area contributed by atoms with Crippen LogP contribution in [0.3, 0.4) is 0 Å². The molecule has 0 saturated carbocycles. The number of ether oxygens (including phenoxy) is 2. The molecule has 0 unspecified atom stereocenters. The second-order valence-electron chi connectivity index (χ2n) is 7.08. The zero-order chi connectivity index (χ0) is 21.9. The predicted octanol–water partition coefficient (Wildman–Crippen LogP) is 1.88. The van der Waals surface area contributed by atoms with Gasteiger partial charge in [-0.2, -0.15) is 8.61 Å². The molecule has 2 heterocycles. The zero-order valence-electron chi connectivity index (χ0n) is 16.8. The molecule has 0 bridgehead atoms. The molecule has 0 aliphatic carbocycles. The van der Waals surface area contributed by atoms with Gasteiger partial charge in [0.25, 0.3) is 0 Å². The summed E-state index contributed by atoms with van der Waals surface area (Å²) in [6.45, 7) is 3.07. The van der Waals surface area contributed by atoms with Gasteiger partial charge >= 0.3 is 0 Å². The zero-order valence-corrected chi connectivity index (χ0v) is 19.3. The van der Waals surface area contributed by atoms with Crippen molar-refractivity contribution in [1.29, 1.82) is 0 Å². The van der Waals surface area contributed by atoms with E-state index in [1.165, 1.54) is 20.4 Å². The Balaban J connectivity index is 1.43. The first kappa shape index (κ1) is 22.7. The van der Waals surface area contributed by atoms with Crippen LogP contribution < -0.4 is 0 Å². The van der Waals surface area contributed by atoms with Gasteiger partial charge < -0.3 is 9.47 Å². The number of hydrogen-bond donors (Lipinski definition) is 0. The van der Waals surface area contributed by atoms with Crippen molar-refractivity contribution in [3.8, 4) is 0 Å². The second kappa shape index (κ2) is 9.57. The molecule has 0 radical (unpaired) electrons. The van der Waals surface area contributed by atoms with Crippen LogP contribution in [0.2, 0.25) is 0 Å². The van der Waals surface area contributed by atoms with Gasteiger partial charge in [-0.05, 0) is 48.5 Å². The summed E-state index contributed by atoms with van der Waals surface area (Å²) in [5.41, 5.74) is 0. The Hall–Kier alpha value is -1.47. The fraction of sp³-hybridized carbons (Fsp3) is 0.400. The quantitative estimate of drug-likeness (QED) is 0.618. The van der Waals surface area contributed by atoms with Gasteiger partial charge in [0, 0.05) is 36.0 Å². The van der Waals surface area contributed by atoms with Crippen molar-refractivity contribution < 1.29 is 26.3 Å². The monoisotopic (exact) mass is 484 g/mol. The Morgan fingerprint density at radius 1 is 0.581 bits per heavy atom. The lowest BCUT2D eigenvalue weighted by Gasteiger charge is -2.26. The molecule has 0 atom stereocenters. The smallest absolute Gasteiger partial charge is 0.243 e. The summed E-state index contributed by atoms with van der Waals surface area (Å²) in [5, 5.41) is 0. The van der Waals surface area contributed by atoms with Crippen LogP contribution in [0, 0.1) is 0 Å². The molecule has 0 spiro atoms. The molecule has 8 nitrogen and oxygen atoms in total. The molecule has 31 heavy (non-hydrogen) atoms. The van der Waals surface area contributed by atoms with E-state index in [9.17, 15) is 16.8 Å². The SMILES string of the molecule is O=S(=O)(c1ccc(Sc2ccc(S(=O)(=O)N3CCOCC3)cc2)cc1)N1CCOCC1. The van der Waals surface area contributed by atoms with Gasteiger partial charge in [0.15, 0.2) is 0 Å². The highest BCUT2D eigenvalue weighted by Crippen LogP contribution is 2.30. The van der Waals surface area contributed by atoms with E-state index in [0.717, 1.165) is 9.79 Å². The molecule has 2 aliphatic heterocycles. The molecule has 2 aromatic rings. The van der Waals surface area contributed by atoms with Gasteiger partial charge in [0.05, 0.1) is 36.2 Å². The minimum atomic E-state index is -3.52. The van der Waals surface area contributed by atoms with E-state index in [1.54, 1.807) is 48.5 Å². The molecule has 2 aliphatic rings. The normalized spacial score (nSPS) is 19.4. The predicted molar refractivity (Wildman–Crippen MR) is 116 cm³/mol. The summed E-state index contributed by atoms with van der Waals surface area (Å²) in [7, 11) is -7.04. The molecule has 2 fully saturated rings. The number of sulfonamides is 2. The van der Waals surface area contributed by atoms with Crippen LogP contribution in [0.15, 0.2) is 68.1 Å². The third kappa shape index (κ3) is 5.14. The van der Waals surface area contributed by atoms with Crippen molar-refractivity contribution in [2.75, 3.05) is 52.6 Å². The molecule has 0 aromatic heterocycles. The number of rotatable bonds is 6. The lowest BCUT2D eigenvalue weighted by molar-refractivity contribution is 0.0730.